The van der Waals surface area contributed by atoms with Gasteiger partial charge in [0.1, 0.15) is 17.6 Å². The van der Waals surface area contributed by atoms with E-state index >= 15 is 0 Å². The van der Waals surface area contributed by atoms with Crippen molar-refractivity contribution in [2.45, 2.75) is 57.4 Å². The van der Waals surface area contributed by atoms with Gasteiger partial charge in [0.2, 0.25) is 0 Å². The van der Waals surface area contributed by atoms with Crippen molar-refractivity contribution in [1.82, 2.24) is 0 Å². The van der Waals surface area contributed by atoms with Crippen LogP contribution in [-0.2, 0) is 9.47 Å². The normalized spacial score (nSPS) is 28.7. The van der Waals surface area contributed by atoms with Crippen LogP contribution >= 0.6 is 0 Å². The number of phenolic OH excluding ortho intramolecular Hbond substituents is 2. The predicted octanol–water partition coefficient (Wildman–Crippen LogP) is 2.20. The highest BCUT2D eigenvalue weighted by Crippen LogP contribution is 2.43. The minimum Gasteiger partial charge on any atom is -0.507 e. The van der Waals surface area contributed by atoms with Crippen molar-refractivity contribution in [2.24, 2.45) is 0 Å². The molecular formula is C23H24O8. The first kappa shape index (κ1) is 21.5. The number of aromatic hydroxyl groups is 2. The zero-order valence-electron chi connectivity index (χ0n) is 17.3. The lowest BCUT2D eigenvalue weighted by Crippen LogP contribution is -2.55. The highest BCUT2D eigenvalue weighted by Gasteiger charge is 2.44. The summed E-state index contributed by atoms with van der Waals surface area (Å²) in [5, 5.41) is 41.9. The molecule has 0 amide bonds. The number of aliphatic hydroxyl groups is 2. The summed E-state index contributed by atoms with van der Waals surface area (Å²) in [7, 11) is 0. The van der Waals surface area contributed by atoms with Gasteiger partial charge in [-0.25, -0.2) is 0 Å². The molecule has 0 saturated carbocycles. The molecule has 1 heterocycles. The standard InChI is InChI=1S/C23H24O8/c1-10(30-16-9-23(3,29)22(28)11(2)31-16)14-8-15(24)17-18(21(14)27)20(26)13-7-5-4-6-12(13)19(17)25/h4-8,10-11,16,22,24,27-29H,9H2,1-3H3/t10-,11-,16+,22-,23+/m0/s1. The highest BCUT2D eigenvalue weighted by molar-refractivity contribution is 6.30. The summed E-state index contributed by atoms with van der Waals surface area (Å²) >= 11 is 0. The molecule has 0 bridgehead atoms. The van der Waals surface area contributed by atoms with Crippen LogP contribution in [-0.4, -0.2) is 56.1 Å². The van der Waals surface area contributed by atoms with E-state index in [1.807, 2.05) is 0 Å². The van der Waals surface area contributed by atoms with Gasteiger partial charge in [0, 0.05) is 23.1 Å². The molecule has 0 spiro atoms. The molecule has 2 aromatic rings. The quantitative estimate of drug-likeness (QED) is 0.467. The van der Waals surface area contributed by atoms with Crippen molar-refractivity contribution in [2.75, 3.05) is 0 Å². The van der Waals surface area contributed by atoms with Crippen molar-refractivity contribution >= 4 is 11.6 Å². The molecule has 1 fully saturated rings. The van der Waals surface area contributed by atoms with Crippen LogP contribution in [0.1, 0.15) is 70.7 Å². The second-order valence-corrected chi connectivity index (χ2v) is 8.34. The lowest BCUT2D eigenvalue weighted by Gasteiger charge is -2.42. The van der Waals surface area contributed by atoms with Crippen LogP contribution in [0.4, 0.5) is 0 Å². The second-order valence-electron chi connectivity index (χ2n) is 8.34. The summed E-state index contributed by atoms with van der Waals surface area (Å²) in [6.45, 7) is 4.66. The molecule has 2 aliphatic rings. The number of hydrogen-bond donors (Lipinski definition) is 4. The second kappa shape index (κ2) is 7.42. The van der Waals surface area contributed by atoms with Gasteiger partial charge in [-0.1, -0.05) is 24.3 Å². The Labute approximate surface area is 178 Å². The third-order valence-electron chi connectivity index (χ3n) is 6.00. The van der Waals surface area contributed by atoms with Gasteiger partial charge in [0.25, 0.3) is 0 Å². The van der Waals surface area contributed by atoms with Crippen molar-refractivity contribution < 1.29 is 39.5 Å². The van der Waals surface area contributed by atoms with Crippen LogP contribution in [0.5, 0.6) is 11.5 Å². The third kappa shape index (κ3) is 3.41. The van der Waals surface area contributed by atoms with Crippen LogP contribution < -0.4 is 0 Å². The molecular weight excluding hydrogens is 404 g/mol. The van der Waals surface area contributed by atoms with Crippen molar-refractivity contribution in [1.29, 1.82) is 0 Å². The lowest BCUT2D eigenvalue weighted by molar-refractivity contribution is -0.282. The van der Waals surface area contributed by atoms with Gasteiger partial charge in [-0.3, -0.25) is 9.59 Å². The van der Waals surface area contributed by atoms with E-state index in [1.165, 1.54) is 25.1 Å². The smallest absolute Gasteiger partial charge is 0.198 e. The van der Waals surface area contributed by atoms with Crippen molar-refractivity contribution in [3.8, 4) is 11.5 Å². The Morgan fingerprint density at radius 3 is 2.29 bits per heavy atom. The topological polar surface area (TPSA) is 134 Å². The van der Waals surface area contributed by atoms with Crippen LogP contribution in [0.2, 0.25) is 0 Å². The number of hydrogen-bond acceptors (Lipinski definition) is 8. The fraction of sp³-hybridized carbons (Fsp3) is 0.391. The SMILES string of the molecule is C[C@H](O[C@H]1C[C@@](C)(O)[C@@H](O)[C@H](C)O1)c1cc(O)c2c(c1O)C(=O)c1ccccc1C2=O. The Morgan fingerprint density at radius 2 is 1.71 bits per heavy atom. The zero-order chi connectivity index (χ0) is 22.7. The number of rotatable bonds is 3. The van der Waals surface area contributed by atoms with Gasteiger partial charge in [-0.15, -0.1) is 0 Å². The summed E-state index contributed by atoms with van der Waals surface area (Å²) in [6, 6.07) is 7.41. The number of carbonyl (C=O) groups excluding carboxylic acids is 2. The van der Waals surface area contributed by atoms with Crippen LogP contribution in [0.15, 0.2) is 30.3 Å². The Bertz CT molecular complexity index is 1070. The molecule has 1 aliphatic heterocycles. The average molecular weight is 428 g/mol. The van der Waals surface area contributed by atoms with Crippen LogP contribution in [0.25, 0.3) is 0 Å². The summed E-state index contributed by atoms with van der Waals surface area (Å²) < 4.78 is 11.4. The highest BCUT2D eigenvalue weighted by atomic mass is 16.7. The lowest BCUT2D eigenvalue weighted by atomic mass is 9.81. The average Bonchev–Trinajstić information content (AvgIpc) is 2.71. The molecule has 0 aromatic heterocycles. The molecule has 1 saturated heterocycles. The molecule has 164 valence electrons. The van der Waals surface area contributed by atoms with E-state index < -0.39 is 53.3 Å². The Hall–Kier alpha value is -2.78. The first-order valence-corrected chi connectivity index (χ1v) is 10.0. The minimum absolute atomic E-state index is 0.0225. The van der Waals surface area contributed by atoms with E-state index in [1.54, 1.807) is 26.0 Å². The van der Waals surface area contributed by atoms with Gasteiger partial charge < -0.3 is 29.9 Å². The van der Waals surface area contributed by atoms with E-state index in [9.17, 15) is 30.0 Å². The van der Waals surface area contributed by atoms with Crippen LogP contribution in [0, 0.1) is 0 Å². The largest absolute Gasteiger partial charge is 0.507 e. The van der Waals surface area contributed by atoms with Crippen molar-refractivity contribution in [3.63, 3.8) is 0 Å². The number of phenols is 2. The fourth-order valence-corrected chi connectivity index (χ4v) is 4.29. The van der Waals surface area contributed by atoms with Crippen molar-refractivity contribution in [3.05, 3.63) is 58.1 Å². The van der Waals surface area contributed by atoms with Gasteiger partial charge in [-0.05, 0) is 26.8 Å². The maximum Gasteiger partial charge on any atom is 0.198 e. The maximum absolute atomic E-state index is 13.0. The summed E-state index contributed by atoms with van der Waals surface area (Å²) in [6.07, 6.45) is -3.57. The predicted molar refractivity (Wildman–Crippen MR) is 108 cm³/mol. The molecule has 0 radical (unpaired) electrons. The van der Waals surface area contributed by atoms with Gasteiger partial charge in [0.05, 0.1) is 28.9 Å². The third-order valence-corrected chi connectivity index (χ3v) is 6.00. The number of ketones is 2. The summed E-state index contributed by atoms with van der Waals surface area (Å²) in [5.74, 6) is -2.01. The summed E-state index contributed by atoms with van der Waals surface area (Å²) in [5.41, 5.74) is -1.54. The first-order valence-electron chi connectivity index (χ1n) is 10.0. The van der Waals surface area contributed by atoms with Gasteiger partial charge in [-0.2, -0.15) is 0 Å². The molecule has 0 unspecified atom stereocenters. The van der Waals surface area contributed by atoms with E-state index in [2.05, 4.69) is 0 Å². The number of carbonyl (C=O) groups is 2. The molecule has 31 heavy (non-hydrogen) atoms. The Morgan fingerprint density at radius 1 is 1.13 bits per heavy atom. The van der Waals surface area contributed by atoms with E-state index in [0.717, 1.165) is 0 Å². The number of ether oxygens (including phenoxy) is 2. The van der Waals surface area contributed by atoms with E-state index in [0.29, 0.717) is 0 Å². The molecule has 5 atom stereocenters. The molecule has 2 aromatic carbocycles. The van der Waals surface area contributed by atoms with E-state index in [-0.39, 0.29) is 34.2 Å². The molecule has 8 nitrogen and oxygen atoms in total. The van der Waals surface area contributed by atoms with Gasteiger partial charge in [0.15, 0.2) is 17.9 Å². The number of fused-ring (bicyclic) bond motifs is 2. The zero-order valence-corrected chi connectivity index (χ0v) is 17.3. The number of benzene rings is 2. The molecule has 4 N–H and O–H groups in total. The maximum atomic E-state index is 13.0. The monoisotopic (exact) mass is 428 g/mol. The Balaban J connectivity index is 1.69. The molecule has 8 heteroatoms. The van der Waals surface area contributed by atoms with E-state index in [4.69, 9.17) is 9.47 Å². The molecule has 4 rings (SSSR count). The number of aliphatic hydroxyl groups excluding tert-OH is 1. The fourth-order valence-electron chi connectivity index (χ4n) is 4.29. The van der Waals surface area contributed by atoms with Gasteiger partial charge >= 0.3 is 0 Å². The first-order chi connectivity index (χ1) is 14.5. The summed E-state index contributed by atoms with van der Waals surface area (Å²) in [4.78, 5) is 25.8. The molecule has 1 aliphatic carbocycles. The van der Waals surface area contributed by atoms with Crippen LogP contribution in [0.3, 0.4) is 0 Å². The minimum atomic E-state index is -1.44. The Kier molecular flexibility index (Phi) is 5.13.